The first-order chi connectivity index (χ1) is 12.4. The van der Waals surface area contributed by atoms with E-state index in [4.69, 9.17) is 5.73 Å². The molecular formula is C18H25N5O2S. The monoisotopic (exact) mass is 375 g/mol. The number of carbonyl (C=O) groups is 2. The first-order valence-electron chi connectivity index (χ1n) is 8.93. The fourth-order valence-corrected chi connectivity index (χ4v) is 4.52. The van der Waals surface area contributed by atoms with Gasteiger partial charge >= 0.3 is 0 Å². The number of rotatable bonds is 6. The van der Waals surface area contributed by atoms with Crippen LogP contribution in [0.2, 0.25) is 0 Å². The van der Waals surface area contributed by atoms with Crippen molar-refractivity contribution in [2.45, 2.75) is 46.2 Å². The van der Waals surface area contributed by atoms with Gasteiger partial charge < -0.3 is 11.1 Å². The van der Waals surface area contributed by atoms with E-state index in [1.54, 1.807) is 16.9 Å². The topological polar surface area (TPSA) is 93.2 Å². The molecule has 26 heavy (non-hydrogen) atoms. The Labute approximate surface area is 157 Å². The van der Waals surface area contributed by atoms with Gasteiger partial charge in [-0.25, -0.2) is 0 Å². The third kappa shape index (κ3) is 3.66. The lowest BCUT2D eigenvalue weighted by Gasteiger charge is -2.26. The zero-order valence-corrected chi connectivity index (χ0v) is 16.2. The van der Waals surface area contributed by atoms with Gasteiger partial charge in [0.15, 0.2) is 5.69 Å². The van der Waals surface area contributed by atoms with E-state index in [2.05, 4.69) is 22.2 Å². The number of carbonyl (C=O) groups excluding carboxylic acids is 2. The predicted molar refractivity (Wildman–Crippen MR) is 103 cm³/mol. The highest BCUT2D eigenvalue weighted by Gasteiger charge is 2.27. The van der Waals surface area contributed by atoms with Gasteiger partial charge in [-0.3, -0.25) is 19.2 Å². The van der Waals surface area contributed by atoms with E-state index < -0.39 is 5.91 Å². The molecule has 2 aromatic rings. The summed E-state index contributed by atoms with van der Waals surface area (Å²) in [5.41, 5.74) is 7.39. The van der Waals surface area contributed by atoms with Crippen LogP contribution in [0.3, 0.4) is 0 Å². The summed E-state index contributed by atoms with van der Waals surface area (Å²) in [4.78, 5) is 28.1. The molecule has 3 rings (SSSR count). The van der Waals surface area contributed by atoms with E-state index in [1.165, 1.54) is 11.3 Å². The first-order valence-corrected chi connectivity index (χ1v) is 9.75. The van der Waals surface area contributed by atoms with Gasteiger partial charge in [0, 0.05) is 30.2 Å². The van der Waals surface area contributed by atoms with E-state index >= 15 is 0 Å². The molecule has 1 aliphatic rings. The largest absolute Gasteiger partial charge is 0.365 e. The van der Waals surface area contributed by atoms with Gasteiger partial charge in [0.05, 0.1) is 5.56 Å². The molecule has 3 heterocycles. The Kier molecular flexibility index (Phi) is 5.43. The Bertz CT molecular complexity index is 824. The normalized spacial score (nSPS) is 14.5. The Hall–Kier alpha value is -2.19. The molecule has 0 aromatic carbocycles. The zero-order chi connectivity index (χ0) is 18.8. The average Bonchev–Trinajstić information content (AvgIpc) is 3.19. The molecule has 0 radical (unpaired) electrons. The molecule has 1 aliphatic heterocycles. The molecule has 7 nitrogen and oxygen atoms in total. The standard InChI is InChI=1S/C18H25N5O2S/c1-4-7-22-8-5-12-14(10-22)26-18(15(12)16(19)24)20-17(25)13-6-9-23(21-13)11(2)3/h6,9,11H,4-5,7-8,10H2,1-3H3,(H2,19,24)(H,20,25). The Balaban J connectivity index is 1.85. The number of hydrogen-bond donors (Lipinski definition) is 2. The second kappa shape index (κ2) is 7.59. The molecule has 8 heteroatoms. The lowest BCUT2D eigenvalue weighted by atomic mass is 10.0. The van der Waals surface area contributed by atoms with Crippen molar-refractivity contribution in [3.63, 3.8) is 0 Å². The number of fused-ring (bicyclic) bond motifs is 1. The first kappa shape index (κ1) is 18.6. The van der Waals surface area contributed by atoms with Crippen LogP contribution in [0, 0.1) is 0 Å². The van der Waals surface area contributed by atoms with Gasteiger partial charge in [-0.05, 0) is 44.9 Å². The van der Waals surface area contributed by atoms with Gasteiger partial charge in [-0.1, -0.05) is 6.92 Å². The maximum atomic E-state index is 12.6. The van der Waals surface area contributed by atoms with Gasteiger partial charge in [-0.15, -0.1) is 11.3 Å². The Morgan fingerprint density at radius 1 is 1.42 bits per heavy atom. The maximum absolute atomic E-state index is 12.6. The van der Waals surface area contributed by atoms with Gasteiger partial charge in [0.2, 0.25) is 0 Å². The summed E-state index contributed by atoms with van der Waals surface area (Å²) >= 11 is 1.45. The highest BCUT2D eigenvalue weighted by Crippen LogP contribution is 2.37. The van der Waals surface area contributed by atoms with E-state index in [0.29, 0.717) is 16.3 Å². The summed E-state index contributed by atoms with van der Waals surface area (Å²) in [5.74, 6) is -0.814. The number of nitrogens with one attached hydrogen (secondary N) is 1. The molecular weight excluding hydrogens is 350 g/mol. The highest BCUT2D eigenvalue weighted by atomic mass is 32.1. The molecule has 0 saturated carbocycles. The van der Waals surface area contributed by atoms with Crippen LogP contribution in [0.25, 0.3) is 0 Å². The summed E-state index contributed by atoms with van der Waals surface area (Å²) in [7, 11) is 0. The highest BCUT2D eigenvalue weighted by molar-refractivity contribution is 7.17. The number of nitrogens with two attached hydrogens (primary N) is 1. The van der Waals surface area contributed by atoms with Crippen LogP contribution in [0.4, 0.5) is 5.00 Å². The van der Waals surface area contributed by atoms with Crippen molar-refractivity contribution in [2.24, 2.45) is 5.73 Å². The van der Waals surface area contributed by atoms with Crippen LogP contribution in [0.1, 0.15) is 64.5 Å². The number of anilines is 1. The fraction of sp³-hybridized carbons (Fsp3) is 0.500. The minimum absolute atomic E-state index is 0.177. The second-order valence-corrected chi connectivity index (χ2v) is 7.93. The quantitative estimate of drug-likeness (QED) is 0.812. The molecule has 2 amide bonds. The SMILES string of the molecule is CCCN1CCc2c(sc(NC(=O)c3ccn(C(C)C)n3)c2C(N)=O)C1. The predicted octanol–water partition coefficient (Wildman–Crippen LogP) is 2.64. The summed E-state index contributed by atoms with van der Waals surface area (Å²) in [6.45, 7) is 8.87. The van der Waals surface area contributed by atoms with Crippen molar-refractivity contribution in [3.8, 4) is 0 Å². The molecule has 0 bridgehead atoms. The molecule has 0 unspecified atom stereocenters. The maximum Gasteiger partial charge on any atom is 0.276 e. The average molecular weight is 375 g/mol. The van der Waals surface area contributed by atoms with E-state index in [-0.39, 0.29) is 11.9 Å². The number of amides is 2. The third-order valence-electron chi connectivity index (χ3n) is 4.52. The number of primary amides is 1. The van der Waals surface area contributed by atoms with Crippen molar-refractivity contribution in [1.29, 1.82) is 0 Å². The molecule has 0 fully saturated rings. The van der Waals surface area contributed by atoms with Crippen LogP contribution < -0.4 is 11.1 Å². The number of nitrogens with zero attached hydrogens (tertiary/aromatic N) is 3. The van der Waals surface area contributed by atoms with E-state index in [0.717, 1.165) is 42.9 Å². The van der Waals surface area contributed by atoms with Crippen molar-refractivity contribution < 1.29 is 9.59 Å². The molecule has 3 N–H and O–H groups in total. The Morgan fingerprint density at radius 2 is 2.19 bits per heavy atom. The van der Waals surface area contributed by atoms with Crippen molar-refractivity contribution in [2.75, 3.05) is 18.4 Å². The molecule has 0 atom stereocenters. The summed E-state index contributed by atoms with van der Waals surface area (Å²) < 4.78 is 1.73. The number of thiophene rings is 1. The molecule has 0 aliphatic carbocycles. The minimum Gasteiger partial charge on any atom is -0.365 e. The van der Waals surface area contributed by atoms with Crippen LogP contribution in [0.15, 0.2) is 12.3 Å². The van der Waals surface area contributed by atoms with Crippen molar-refractivity contribution in [1.82, 2.24) is 14.7 Å². The second-order valence-electron chi connectivity index (χ2n) is 6.83. The van der Waals surface area contributed by atoms with Crippen LogP contribution in [-0.2, 0) is 13.0 Å². The molecule has 0 spiro atoms. The van der Waals surface area contributed by atoms with Crippen molar-refractivity contribution in [3.05, 3.63) is 34.0 Å². The van der Waals surface area contributed by atoms with Crippen LogP contribution in [0.5, 0.6) is 0 Å². The summed E-state index contributed by atoms with van der Waals surface area (Å²) in [6, 6.07) is 1.85. The molecule has 2 aromatic heterocycles. The molecule has 0 saturated heterocycles. The smallest absolute Gasteiger partial charge is 0.276 e. The zero-order valence-electron chi connectivity index (χ0n) is 15.4. The van der Waals surface area contributed by atoms with Crippen LogP contribution >= 0.6 is 11.3 Å². The number of hydrogen-bond acceptors (Lipinski definition) is 5. The van der Waals surface area contributed by atoms with E-state index in [1.807, 2.05) is 13.8 Å². The van der Waals surface area contributed by atoms with Crippen molar-refractivity contribution >= 4 is 28.2 Å². The third-order valence-corrected chi connectivity index (χ3v) is 5.65. The number of aromatic nitrogens is 2. The summed E-state index contributed by atoms with van der Waals surface area (Å²) in [6.07, 6.45) is 3.64. The van der Waals surface area contributed by atoms with Gasteiger partial charge in [0.1, 0.15) is 5.00 Å². The lowest BCUT2D eigenvalue weighted by molar-refractivity contribution is 0.1000. The lowest BCUT2D eigenvalue weighted by Crippen LogP contribution is -2.31. The Morgan fingerprint density at radius 3 is 2.81 bits per heavy atom. The minimum atomic E-state index is -0.491. The van der Waals surface area contributed by atoms with Crippen LogP contribution in [-0.4, -0.2) is 39.6 Å². The fourth-order valence-electron chi connectivity index (χ4n) is 3.23. The van der Waals surface area contributed by atoms with Gasteiger partial charge in [-0.2, -0.15) is 5.10 Å². The van der Waals surface area contributed by atoms with E-state index in [9.17, 15) is 9.59 Å². The molecule has 140 valence electrons. The summed E-state index contributed by atoms with van der Waals surface area (Å²) in [5, 5.41) is 7.66. The van der Waals surface area contributed by atoms with Gasteiger partial charge in [0.25, 0.3) is 11.8 Å².